The molecule has 0 aliphatic carbocycles. The minimum Gasteiger partial charge on any atom is -0.408 e. The molecule has 5 nitrogen and oxygen atoms in total. The van der Waals surface area contributed by atoms with E-state index in [2.05, 4.69) is 0 Å². The Bertz CT molecular complexity index is 923. The highest BCUT2D eigenvalue weighted by atomic mass is 16.4. The van der Waals surface area contributed by atoms with Gasteiger partial charge in [0.25, 0.3) is 5.91 Å². The van der Waals surface area contributed by atoms with Crippen molar-refractivity contribution in [2.45, 2.75) is 26.4 Å². The standard InChI is InChI=1S/C19H20N2O3/c1-13(2)21(12-14-7-5-4-6-8-14)18(22)15-9-10-17-16(11-15)20(3)19(23)24-17/h4-11,13H,12H2,1-3H3. The monoisotopic (exact) mass is 324 g/mol. The molecule has 1 aromatic heterocycles. The molecule has 0 radical (unpaired) electrons. The maximum atomic E-state index is 13.0. The van der Waals surface area contributed by atoms with Crippen molar-refractivity contribution >= 4 is 17.0 Å². The summed E-state index contributed by atoms with van der Waals surface area (Å²) in [5.74, 6) is -0.496. The van der Waals surface area contributed by atoms with E-state index in [1.165, 1.54) is 4.57 Å². The van der Waals surface area contributed by atoms with Crippen molar-refractivity contribution in [1.29, 1.82) is 0 Å². The number of oxazole rings is 1. The van der Waals surface area contributed by atoms with Crippen LogP contribution in [0.1, 0.15) is 29.8 Å². The van der Waals surface area contributed by atoms with Crippen LogP contribution in [-0.4, -0.2) is 21.4 Å². The van der Waals surface area contributed by atoms with Crippen molar-refractivity contribution in [2.24, 2.45) is 7.05 Å². The number of rotatable bonds is 4. The number of aromatic nitrogens is 1. The maximum absolute atomic E-state index is 13.0. The van der Waals surface area contributed by atoms with Gasteiger partial charge in [-0.2, -0.15) is 0 Å². The lowest BCUT2D eigenvalue weighted by atomic mass is 10.1. The summed E-state index contributed by atoms with van der Waals surface area (Å²) in [7, 11) is 1.63. The zero-order chi connectivity index (χ0) is 17.3. The number of carbonyl (C=O) groups excluding carboxylic acids is 1. The van der Waals surface area contributed by atoms with Crippen LogP contribution < -0.4 is 5.76 Å². The van der Waals surface area contributed by atoms with Gasteiger partial charge in [-0.15, -0.1) is 0 Å². The first-order chi connectivity index (χ1) is 11.5. The fraction of sp³-hybridized carbons (Fsp3) is 0.263. The second kappa shape index (κ2) is 6.35. The van der Waals surface area contributed by atoms with Crippen LogP contribution in [0.3, 0.4) is 0 Å². The number of fused-ring (bicyclic) bond motifs is 1. The summed E-state index contributed by atoms with van der Waals surface area (Å²) in [6.07, 6.45) is 0. The molecule has 0 unspecified atom stereocenters. The van der Waals surface area contributed by atoms with Gasteiger partial charge in [-0.1, -0.05) is 30.3 Å². The molecule has 0 N–H and O–H groups in total. The third kappa shape index (κ3) is 2.97. The van der Waals surface area contributed by atoms with Crippen molar-refractivity contribution in [3.05, 3.63) is 70.2 Å². The number of nitrogens with zero attached hydrogens (tertiary/aromatic N) is 2. The van der Waals surface area contributed by atoms with Crippen LogP contribution in [0.5, 0.6) is 0 Å². The van der Waals surface area contributed by atoms with Gasteiger partial charge in [-0.3, -0.25) is 9.36 Å². The Balaban J connectivity index is 1.95. The van der Waals surface area contributed by atoms with Gasteiger partial charge < -0.3 is 9.32 Å². The minimum absolute atomic E-state index is 0.0570. The molecule has 0 fully saturated rings. The SMILES string of the molecule is CC(C)N(Cc1ccccc1)C(=O)c1ccc2oc(=O)n(C)c2c1. The third-order valence-corrected chi connectivity index (χ3v) is 4.12. The molecule has 24 heavy (non-hydrogen) atoms. The van der Waals surface area contributed by atoms with E-state index in [1.54, 1.807) is 25.2 Å². The van der Waals surface area contributed by atoms with Gasteiger partial charge in [0.2, 0.25) is 0 Å². The van der Waals surface area contributed by atoms with Crippen LogP contribution in [0.15, 0.2) is 57.7 Å². The number of carbonyl (C=O) groups is 1. The molecule has 0 bridgehead atoms. The Morgan fingerprint density at radius 2 is 1.88 bits per heavy atom. The maximum Gasteiger partial charge on any atom is 0.419 e. The molecule has 0 atom stereocenters. The molecule has 0 saturated carbocycles. The van der Waals surface area contributed by atoms with E-state index in [9.17, 15) is 9.59 Å². The predicted octanol–water partition coefficient (Wildman–Crippen LogP) is 3.18. The number of aryl methyl sites for hydroxylation is 1. The normalized spacial score (nSPS) is 11.2. The first kappa shape index (κ1) is 16.1. The average Bonchev–Trinajstić information content (AvgIpc) is 2.87. The number of hydrogen-bond donors (Lipinski definition) is 0. The summed E-state index contributed by atoms with van der Waals surface area (Å²) >= 11 is 0. The molecule has 3 rings (SSSR count). The van der Waals surface area contributed by atoms with Gasteiger partial charge in [0, 0.05) is 25.2 Å². The summed E-state index contributed by atoms with van der Waals surface area (Å²) in [5, 5.41) is 0. The summed E-state index contributed by atoms with van der Waals surface area (Å²) in [6, 6.07) is 15.0. The van der Waals surface area contributed by atoms with Gasteiger partial charge in [0.15, 0.2) is 5.58 Å². The van der Waals surface area contributed by atoms with Gasteiger partial charge in [0.05, 0.1) is 5.52 Å². The highest BCUT2D eigenvalue weighted by Gasteiger charge is 2.20. The summed E-state index contributed by atoms with van der Waals surface area (Å²) in [5.41, 5.74) is 2.73. The minimum atomic E-state index is -0.431. The van der Waals surface area contributed by atoms with Crippen LogP contribution >= 0.6 is 0 Å². The molecule has 0 saturated heterocycles. The number of benzene rings is 2. The topological polar surface area (TPSA) is 55.5 Å². The molecular weight excluding hydrogens is 304 g/mol. The van der Waals surface area contributed by atoms with Crippen molar-refractivity contribution in [2.75, 3.05) is 0 Å². The van der Waals surface area contributed by atoms with E-state index >= 15 is 0 Å². The molecule has 1 heterocycles. The highest BCUT2D eigenvalue weighted by molar-refractivity contribution is 5.97. The van der Waals surface area contributed by atoms with Crippen molar-refractivity contribution < 1.29 is 9.21 Å². The predicted molar refractivity (Wildman–Crippen MR) is 92.9 cm³/mol. The summed E-state index contributed by atoms with van der Waals surface area (Å²) in [6.45, 7) is 4.53. The molecule has 2 aromatic carbocycles. The van der Waals surface area contributed by atoms with Crippen LogP contribution in [0.25, 0.3) is 11.1 Å². The third-order valence-electron chi connectivity index (χ3n) is 4.12. The van der Waals surface area contributed by atoms with Gasteiger partial charge in [0.1, 0.15) is 0 Å². The summed E-state index contributed by atoms with van der Waals surface area (Å²) in [4.78, 5) is 26.4. The van der Waals surface area contributed by atoms with E-state index in [0.717, 1.165) is 5.56 Å². The molecule has 3 aromatic rings. The van der Waals surface area contributed by atoms with E-state index in [-0.39, 0.29) is 11.9 Å². The van der Waals surface area contributed by atoms with Gasteiger partial charge >= 0.3 is 5.76 Å². The molecular formula is C19H20N2O3. The highest BCUT2D eigenvalue weighted by Crippen LogP contribution is 2.18. The first-order valence-corrected chi connectivity index (χ1v) is 7.92. The fourth-order valence-corrected chi connectivity index (χ4v) is 2.69. The van der Waals surface area contributed by atoms with Crippen LogP contribution in [0, 0.1) is 0 Å². The Labute approximate surface area is 140 Å². The smallest absolute Gasteiger partial charge is 0.408 e. The van der Waals surface area contributed by atoms with Crippen molar-refractivity contribution in [3.63, 3.8) is 0 Å². The molecule has 0 spiro atoms. The van der Waals surface area contributed by atoms with Crippen LogP contribution in [0.2, 0.25) is 0 Å². The number of amides is 1. The second-order valence-electron chi connectivity index (χ2n) is 6.12. The van der Waals surface area contributed by atoms with E-state index in [0.29, 0.717) is 23.2 Å². The molecule has 1 amide bonds. The zero-order valence-corrected chi connectivity index (χ0v) is 14.0. The van der Waals surface area contributed by atoms with E-state index in [1.807, 2.05) is 49.1 Å². The Hall–Kier alpha value is -2.82. The lowest BCUT2D eigenvalue weighted by molar-refractivity contribution is 0.0690. The van der Waals surface area contributed by atoms with Gasteiger partial charge in [-0.05, 0) is 37.6 Å². The van der Waals surface area contributed by atoms with Crippen LogP contribution in [0.4, 0.5) is 0 Å². The quantitative estimate of drug-likeness (QED) is 0.740. The Morgan fingerprint density at radius 3 is 2.54 bits per heavy atom. The van der Waals surface area contributed by atoms with Crippen molar-refractivity contribution in [1.82, 2.24) is 9.47 Å². The Morgan fingerprint density at radius 1 is 1.17 bits per heavy atom. The van der Waals surface area contributed by atoms with Gasteiger partial charge in [-0.25, -0.2) is 4.79 Å². The first-order valence-electron chi connectivity index (χ1n) is 7.92. The molecule has 0 aliphatic heterocycles. The van der Waals surface area contributed by atoms with Crippen molar-refractivity contribution in [3.8, 4) is 0 Å². The fourth-order valence-electron chi connectivity index (χ4n) is 2.69. The number of hydrogen-bond acceptors (Lipinski definition) is 3. The second-order valence-corrected chi connectivity index (χ2v) is 6.12. The van der Waals surface area contributed by atoms with E-state index < -0.39 is 5.76 Å². The summed E-state index contributed by atoms with van der Waals surface area (Å²) < 4.78 is 6.53. The van der Waals surface area contributed by atoms with Crippen LogP contribution in [-0.2, 0) is 13.6 Å². The van der Waals surface area contributed by atoms with E-state index in [4.69, 9.17) is 4.42 Å². The lowest BCUT2D eigenvalue weighted by Gasteiger charge is -2.27. The largest absolute Gasteiger partial charge is 0.419 e. The average molecular weight is 324 g/mol. The molecule has 124 valence electrons. The zero-order valence-electron chi connectivity index (χ0n) is 14.0. The molecule has 5 heteroatoms. The Kier molecular flexibility index (Phi) is 4.25. The lowest BCUT2D eigenvalue weighted by Crippen LogP contribution is -2.36. The molecule has 0 aliphatic rings.